The molecule has 5 heteroatoms. The van der Waals surface area contributed by atoms with Crippen molar-refractivity contribution in [1.29, 1.82) is 0 Å². The molecule has 0 unspecified atom stereocenters. The van der Waals surface area contributed by atoms with E-state index in [4.69, 9.17) is 0 Å². The summed E-state index contributed by atoms with van der Waals surface area (Å²) in [7, 11) is 0. The summed E-state index contributed by atoms with van der Waals surface area (Å²) in [5.41, 5.74) is 3.00. The lowest BCUT2D eigenvalue weighted by Gasteiger charge is -2.16. The van der Waals surface area contributed by atoms with Crippen molar-refractivity contribution in [3.05, 3.63) is 59.7 Å². The SMILES string of the molecule is Cc1ccccc1SCC(=O)Nc1cccc(CN2CCCC2=O)c1. The third-order valence-electron chi connectivity index (χ3n) is 4.21. The number of thioether (sulfide) groups is 1. The van der Waals surface area contributed by atoms with Crippen LogP contribution < -0.4 is 5.32 Å². The Morgan fingerprint density at radius 3 is 2.80 bits per heavy atom. The quantitative estimate of drug-likeness (QED) is 0.802. The number of carbonyl (C=O) groups excluding carboxylic acids is 2. The summed E-state index contributed by atoms with van der Waals surface area (Å²) in [6.07, 6.45) is 1.58. The van der Waals surface area contributed by atoms with E-state index >= 15 is 0 Å². The molecule has 2 amide bonds. The molecule has 1 heterocycles. The van der Waals surface area contributed by atoms with E-state index in [-0.39, 0.29) is 11.8 Å². The third kappa shape index (κ3) is 4.86. The minimum absolute atomic E-state index is 0.0253. The molecule has 1 saturated heterocycles. The van der Waals surface area contributed by atoms with Crippen LogP contribution in [0.4, 0.5) is 5.69 Å². The number of benzene rings is 2. The Bertz CT molecular complexity index is 776. The molecule has 0 aliphatic carbocycles. The number of hydrogen-bond donors (Lipinski definition) is 1. The summed E-state index contributed by atoms with van der Waals surface area (Å²) in [6, 6.07) is 15.8. The molecule has 4 nitrogen and oxygen atoms in total. The highest BCUT2D eigenvalue weighted by Crippen LogP contribution is 2.22. The third-order valence-corrected chi connectivity index (χ3v) is 5.38. The van der Waals surface area contributed by atoms with Gasteiger partial charge in [-0.2, -0.15) is 0 Å². The van der Waals surface area contributed by atoms with Crippen molar-refractivity contribution in [2.24, 2.45) is 0 Å². The Kier molecular flexibility index (Phi) is 5.76. The summed E-state index contributed by atoms with van der Waals surface area (Å²) in [5.74, 6) is 0.561. The Morgan fingerprint density at radius 1 is 1.20 bits per heavy atom. The van der Waals surface area contributed by atoms with Crippen LogP contribution in [0.15, 0.2) is 53.4 Å². The van der Waals surface area contributed by atoms with Crippen LogP contribution >= 0.6 is 11.8 Å². The molecule has 2 aromatic carbocycles. The van der Waals surface area contributed by atoms with Gasteiger partial charge in [0.2, 0.25) is 11.8 Å². The second kappa shape index (κ2) is 8.21. The standard InChI is InChI=1S/C20H22N2O2S/c1-15-6-2-3-9-18(15)25-14-19(23)21-17-8-4-7-16(12-17)13-22-11-5-10-20(22)24/h2-4,6-9,12H,5,10-11,13-14H2,1H3,(H,21,23). The van der Waals surface area contributed by atoms with Crippen LogP contribution in [0.5, 0.6) is 0 Å². The predicted molar refractivity (Wildman–Crippen MR) is 102 cm³/mol. The first-order chi connectivity index (χ1) is 12.1. The molecule has 2 aromatic rings. The second-order valence-electron chi connectivity index (χ2n) is 6.22. The van der Waals surface area contributed by atoms with Crippen LogP contribution in [-0.4, -0.2) is 29.0 Å². The second-order valence-corrected chi connectivity index (χ2v) is 7.24. The first-order valence-corrected chi connectivity index (χ1v) is 9.45. The summed E-state index contributed by atoms with van der Waals surface area (Å²) < 4.78 is 0. The number of nitrogens with zero attached hydrogens (tertiary/aromatic N) is 1. The zero-order valence-electron chi connectivity index (χ0n) is 14.3. The van der Waals surface area contributed by atoms with Crippen molar-refractivity contribution < 1.29 is 9.59 Å². The normalized spacial score (nSPS) is 14.0. The average Bonchev–Trinajstić information content (AvgIpc) is 2.99. The van der Waals surface area contributed by atoms with E-state index in [9.17, 15) is 9.59 Å². The maximum atomic E-state index is 12.2. The largest absolute Gasteiger partial charge is 0.338 e. The van der Waals surface area contributed by atoms with E-state index in [1.807, 2.05) is 60.4 Å². The molecule has 1 aliphatic heterocycles. The number of likely N-dealkylation sites (tertiary alicyclic amines) is 1. The molecule has 0 radical (unpaired) electrons. The maximum absolute atomic E-state index is 12.2. The Labute approximate surface area is 152 Å². The number of aryl methyl sites for hydroxylation is 1. The van der Waals surface area contributed by atoms with Gasteiger partial charge in [0, 0.05) is 30.1 Å². The summed E-state index contributed by atoms with van der Waals surface area (Å²) in [4.78, 5) is 26.9. The molecule has 0 spiro atoms. The zero-order chi connectivity index (χ0) is 17.6. The van der Waals surface area contributed by atoms with Crippen LogP contribution in [0.2, 0.25) is 0 Å². The number of hydrogen-bond acceptors (Lipinski definition) is 3. The molecular weight excluding hydrogens is 332 g/mol. The zero-order valence-corrected chi connectivity index (χ0v) is 15.1. The van der Waals surface area contributed by atoms with Crippen LogP contribution in [0.25, 0.3) is 0 Å². The van der Waals surface area contributed by atoms with Crippen molar-refractivity contribution in [2.75, 3.05) is 17.6 Å². The molecule has 130 valence electrons. The molecule has 1 N–H and O–H groups in total. The lowest BCUT2D eigenvalue weighted by atomic mass is 10.2. The van der Waals surface area contributed by atoms with Crippen molar-refractivity contribution in [2.45, 2.75) is 31.2 Å². The number of nitrogens with one attached hydrogen (secondary N) is 1. The van der Waals surface area contributed by atoms with Crippen molar-refractivity contribution in [1.82, 2.24) is 4.90 Å². The summed E-state index contributed by atoms with van der Waals surface area (Å²) in [5, 5.41) is 2.94. The van der Waals surface area contributed by atoms with Crippen LogP contribution in [-0.2, 0) is 16.1 Å². The van der Waals surface area contributed by atoms with E-state index in [0.717, 1.165) is 29.1 Å². The smallest absolute Gasteiger partial charge is 0.234 e. The highest BCUT2D eigenvalue weighted by atomic mass is 32.2. The van der Waals surface area contributed by atoms with Crippen molar-refractivity contribution in [3.8, 4) is 0 Å². The average molecular weight is 354 g/mol. The van der Waals surface area contributed by atoms with Crippen molar-refractivity contribution in [3.63, 3.8) is 0 Å². The molecule has 0 bridgehead atoms. The van der Waals surface area contributed by atoms with E-state index in [1.54, 1.807) is 11.8 Å². The van der Waals surface area contributed by atoms with Gasteiger partial charge in [-0.15, -0.1) is 11.8 Å². The maximum Gasteiger partial charge on any atom is 0.234 e. The van der Waals surface area contributed by atoms with Gasteiger partial charge in [-0.05, 0) is 42.7 Å². The van der Waals surface area contributed by atoms with Crippen LogP contribution in [0.1, 0.15) is 24.0 Å². The fourth-order valence-corrected chi connectivity index (χ4v) is 3.73. The molecule has 3 rings (SSSR count). The lowest BCUT2D eigenvalue weighted by Crippen LogP contribution is -2.23. The van der Waals surface area contributed by atoms with Gasteiger partial charge in [0.25, 0.3) is 0 Å². The molecule has 1 fully saturated rings. The molecule has 0 saturated carbocycles. The first-order valence-electron chi connectivity index (χ1n) is 8.47. The highest BCUT2D eigenvalue weighted by molar-refractivity contribution is 8.00. The van der Waals surface area contributed by atoms with E-state index in [2.05, 4.69) is 5.32 Å². The summed E-state index contributed by atoms with van der Waals surface area (Å²) in [6.45, 7) is 3.48. The summed E-state index contributed by atoms with van der Waals surface area (Å²) >= 11 is 1.54. The number of amides is 2. The molecule has 25 heavy (non-hydrogen) atoms. The number of carbonyl (C=O) groups is 2. The minimum Gasteiger partial charge on any atom is -0.338 e. The topological polar surface area (TPSA) is 49.4 Å². The van der Waals surface area contributed by atoms with Gasteiger partial charge in [-0.3, -0.25) is 9.59 Å². The van der Waals surface area contributed by atoms with Crippen LogP contribution in [0, 0.1) is 6.92 Å². The highest BCUT2D eigenvalue weighted by Gasteiger charge is 2.20. The van der Waals surface area contributed by atoms with E-state index < -0.39 is 0 Å². The molecule has 0 atom stereocenters. The number of anilines is 1. The van der Waals surface area contributed by atoms with Crippen LogP contribution in [0.3, 0.4) is 0 Å². The molecule has 0 aromatic heterocycles. The van der Waals surface area contributed by atoms with Gasteiger partial charge in [0.15, 0.2) is 0 Å². The monoisotopic (exact) mass is 354 g/mol. The predicted octanol–water partition coefficient (Wildman–Crippen LogP) is 3.85. The van der Waals surface area contributed by atoms with Gasteiger partial charge < -0.3 is 10.2 Å². The van der Waals surface area contributed by atoms with Gasteiger partial charge in [0.05, 0.1) is 5.75 Å². The van der Waals surface area contributed by atoms with Gasteiger partial charge in [0.1, 0.15) is 0 Å². The van der Waals surface area contributed by atoms with Gasteiger partial charge in [-0.1, -0.05) is 30.3 Å². The fraction of sp³-hybridized carbons (Fsp3) is 0.300. The Balaban J connectivity index is 1.55. The van der Waals surface area contributed by atoms with Crippen molar-refractivity contribution >= 4 is 29.3 Å². The Morgan fingerprint density at radius 2 is 2.04 bits per heavy atom. The number of rotatable bonds is 6. The Hall–Kier alpha value is -2.27. The van der Waals surface area contributed by atoms with Gasteiger partial charge in [-0.25, -0.2) is 0 Å². The lowest BCUT2D eigenvalue weighted by molar-refractivity contribution is -0.128. The molecular formula is C20H22N2O2S. The van der Waals surface area contributed by atoms with E-state index in [1.165, 1.54) is 5.56 Å². The minimum atomic E-state index is -0.0253. The molecule has 1 aliphatic rings. The van der Waals surface area contributed by atoms with E-state index in [0.29, 0.717) is 18.7 Å². The fourth-order valence-electron chi connectivity index (χ4n) is 2.90. The first kappa shape index (κ1) is 17.5. The van der Waals surface area contributed by atoms with Gasteiger partial charge >= 0.3 is 0 Å².